The van der Waals surface area contributed by atoms with Crippen LogP contribution in [0.25, 0.3) is 0 Å². The summed E-state index contributed by atoms with van der Waals surface area (Å²) in [5, 5.41) is 6.15. The summed E-state index contributed by atoms with van der Waals surface area (Å²) >= 11 is 6.03. The minimum Gasteiger partial charge on any atom is -0.495 e. The van der Waals surface area contributed by atoms with Crippen molar-refractivity contribution in [2.45, 2.75) is 6.92 Å². The molecule has 0 saturated carbocycles. The molecule has 2 aromatic rings. The van der Waals surface area contributed by atoms with Crippen LogP contribution in [0.3, 0.4) is 0 Å². The summed E-state index contributed by atoms with van der Waals surface area (Å²) in [6.07, 6.45) is 0. The first-order valence-corrected chi connectivity index (χ1v) is 7.36. The van der Waals surface area contributed by atoms with Crippen molar-refractivity contribution < 1.29 is 14.3 Å². The number of Topliss-reactive ketones (excluding diaryl/α,β-unsaturated/α-hetero) is 1. The van der Waals surface area contributed by atoms with E-state index in [-0.39, 0.29) is 18.2 Å². The lowest BCUT2D eigenvalue weighted by molar-refractivity contribution is -0.114. The highest BCUT2D eigenvalue weighted by Crippen LogP contribution is 2.27. The van der Waals surface area contributed by atoms with Crippen LogP contribution in [0.5, 0.6) is 5.75 Å². The van der Waals surface area contributed by atoms with Crippen molar-refractivity contribution in [3.8, 4) is 5.75 Å². The Balaban J connectivity index is 1.98. The third kappa shape index (κ3) is 4.47. The number of methoxy groups -OCH3 is 1. The van der Waals surface area contributed by atoms with Crippen molar-refractivity contribution >= 4 is 34.7 Å². The molecule has 6 heteroatoms. The Morgan fingerprint density at radius 3 is 2.57 bits per heavy atom. The maximum Gasteiger partial charge on any atom is 0.243 e. The van der Waals surface area contributed by atoms with E-state index in [1.807, 2.05) is 0 Å². The van der Waals surface area contributed by atoms with Crippen molar-refractivity contribution in [2.24, 2.45) is 0 Å². The summed E-state index contributed by atoms with van der Waals surface area (Å²) in [7, 11) is 1.54. The van der Waals surface area contributed by atoms with Crippen LogP contribution < -0.4 is 15.4 Å². The lowest BCUT2D eigenvalue weighted by Crippen LogP contribution is -2.22. The second-order valence-corrected chi connectivity index (χ2v) is 5.26. The number of nitrogens with one attached hydrogen (secondary N) is 2. The molecule has 5 nitrogen and oxygen atoms in total. The largest absolute Gasteiger partial charge is 0.495 e. The molecule has 0 aliphatic rings. The van der Waals surface area contributed by atoms with E-state index in [1.165, 1.54) is 14.0 Å². The highest BCUT2D eigenvalue weighted by atomic mass is 35.5. The van der Waals surface area contributed by atoms with Gasteiger partial charge >= 0.3 is 0 Å². The van der Waals surface area contributed by atoms with Crippen LogP contribution in [0.1, 0.15) is 17.3 Å². The number of amides is 1. The number of para-hydroxylation sites is 1. The number of rotatable bonds is 6. The second kappa shape index (κ2) is 7.65. The van der Waals surface area contributed by atoms with Gasteiger partial charge in [-0.3, -0.25) is 9.59 Å². The first-order valence-electron chi connectivity index (χ1n) is 6.98. The molecule has 0 fully saturated rings. The Labute approximate surface area is 139 Å². The molecule has 0 aliphatic heterocycles. The van der Waals surface area contributed by atoms with Gasteiger partial charge in [-0.15, -0.1) is 0 Å². The molecule has 0 spiro atoms. The highest BCUT2D eigenvalue weighted by molar-refractivity contribution is 6.32. The summed E-state index contributed by atoms with van der Waals surface area (Å²) in [5.74, 6) is 0.207. The molecule has 2 rings (SSSR count). The third-order valence-electron chi connectivity index (χ3n) is 3.19. The number of hydrogen-bond acceptors (Lipinski definition) is 4. The Hall–Kier alpha value is -2.53. The smallest absolute Gasteiger partial charge is 0.243 e. The van der Waals surface area contributed by atoms with E-state index in [0.717, 1.165) is 0 Å². The number of hydrogen-bond donors (Lipinski definition) is 2. The van der Waals surface area contributed by atoms with Gasteiger partial charge in [0, 0.05) is 11.3 Å². The van der Waals surface area contributed by atoms with E-state index < -0.39 is 0 Å². The van der Waals surface area contributed by atoms with Crippen LogP contribution in [0.4, 0.5) is 11.4 Å². The van der Waals surface area contributed by atoms with Crippen LogP contribution >= 0.6 is 11.6 Å². The molecular formula is C17H17ClN2O3. The minimum atomic E-state index is -0.259. The van der Waals surface area contributed by atoms with E-state index in [4.69, 9.17) is 16.3 Å². The number of anilines is 2. The SMILES string of the molecule is COc1ccc(NCC(=O)Nc2ccccc2C(C)=O)cc1Cl. The van der Waals surface area contributed by atoms with Gasteiger partial charge in [0.25, 0.3) is 0 Å². The first kappa shape index (κ1) is 16.8. The average Bonchev–Trinajstić information content (AvgIpc) is 2.53. The molecule has 120 valence electrons. The Kier molecular flexibility index (Phi) is 5.60. The number of carbonyl (C=O) groups is 2. The first-order chi connectivity index (χ1) is 11.0. The Bertz CT molecular complexity index is 732. The van der Waals surface area contributed by atoms with Gasteiger partial charge in [0.2, 0.25) is 5.91 Å². The monoisotopic (exact) mass is 332 g/mol. The normalized spacial score (nSPS) is 10.0. The average molecular weight is 333 g/mol. The maximum atomic E-state index is 12.0. The third-order valence-corrected chi connectivity index (χ3v) is 3.48. The molecular weight excluding hydrogens is 316 g/mol. The highest BCUT2D eigenvalue weighted by Gasteiger charge is 2.09. The molecule has 0 radical (unpaired) electrons. The molecule has 0 aliphatic carbocycles. The Morgan fingerprint density at radius 2 is 1.91 bits per heavy atom. The number of benzene rings is 2. The summed E-state index contributed by atoms with van der Waals surface area (Å²) in [5.41, 5.74) is 1.68. The lowest BCUT2D eigenvalue weighted by Gasteiger charge is -2.11. The molecule has 2 aromatic carbocycles. The van der Waals surface area contributed by atoms with Crippen molar-refractivity contribution in [1.29, 1.82) is 0 Å². The van der Waals surface area contributed by atoms with Crippen molar-refractivity contribution in [1.82, 2.24) is 0 Å². The predicted molar refractivity (Wildman–Crippen MR) is 91.6 cm³/mol. The van der Waals surface area contributed by atoms with Crippen molar-refractivity contribution in [3.63, 3.8) is 0 Å². The number of ketones is 1. The number of halogens is 1. The molecule has 23 heavy (non-hydrogen) atoms. The molecule has 0 atom stereocenters. The van der Waals surface area contributed by atoms with Gasteiger partial charge < -0.3 is 15.4 Å². The topological polar surface area (TPSA) is 67.4 Å². The Morgan fingerprint density at radius 1 is 1.17 bits per heavy atom. The van der Waals surface area contributed by atoms with Gasteiger partial charge in [0.15, 0.2) is 5.78 Å². The zero-order valence-electron chi connectivity index (χ0n) is 12.9. The summed E-state index contributed by atoms with van der Waals surface area (Å²) in [4.78, 5) is 23.6. The van der Waals surface area contributed by atoms with E-state index in [2.05, 4.69) is 10.6 Å². The van der Waals surface area contributed by atoms with Crippen molar-refractivity contribution in [3.05, 3.63) is 53.1 Å². The van der Waals surface area contributed by atoms with Gasteiger partial charge in [-0.05, 0) is 37.3 Å². The molecule has 0 bridgehead atoms. The quantitative estimate of drug-likeness (QED) is 0.793. The van der Waals surface area contributed by atoms with Gasteiger partial charge in [0.05, 0.1) is 24.4 Å². The fourth-order valence-electron chi connectivity index (χ4n) is 2.05. The summed E-state index contributed by atoms with van der Waals surface area (Å²) in [6, 6.07) is 12.0. The van der Waals surface area contributed by atoms with Crippen LogP contribution in [0, 0.1) is 0 Å². The standard InChI is InChI=1S/C17H17ClN2O3/c1-11(21)13-5-3-4-6-15(13)20-17(22)10-19-12-7-8-16(23-2)14(18)9-12/h3-9,19H,10H2,1-2H3,(H,20,22). The van der Waals surface area contributed by atoms with Crippen LogP contribution in [-0.2, 0) is 4.79 Å². The maximum absolute atomic E-state index is 12.0. The molecule has 0 saturated heterocycles. The van der Waals surface area contributed by atoms with E-state index >= 15 is 0 Å². The van der Waals surface area contributed by atoms with E-state index in [9.17, 15) is 9.59 Å². The van der Waals surface area contributed by atoms with Gasteiger partial charge in [-0.1, -0.05) is 23.7 Å². The van der Waals surface area contributed by atoms with Gasteiger partial charge in [0.1, 0.15) is 5.75 Å². The van der Waals surface area contributed by atoms with Gasteiger partial charge in [-0.25, -0.2) is 0 Å². The zero-order valence-corrected chi connectivity index (χ0v) is 13.6. The molecule has 0 heterocycles. The number of carbonyl (C=O) groups excluding carboxylic acids is 2. The molecule has 2 N–H and O–H groups in total. The number of ether oxygens (including phenoxy) is 1. The second-order valence-electron chi connectivity index (χ2n) is 4.85. The minimum absolute atomic E-state index is 0.0505. The van der Waals surface area contributed by atoms with E-state index in [0.29, 0.717) is 27.7 Å². The van der Waals surface area contributed by atoms with Crippen LogP contribution in [0.2, 0.25) is 5.02 Å². The van der Waals surface area contributed by atoms with Crippen molar-refractivity contribution in [2.75, 3.05) is 24.3 Å². The zero-order chi connectivity index (χ0) is 16.8. The van der Waals surface area contributed by atoms with Gasteiger partial charge in [-0.2, -0.15) is 0 Å². The van der Waals surface area contributed by atoms with Crippen LogP contribution in [-0.4, -0.2) is 25.3 Å². The fourth-order valence-corrected chi connectivity index (χ4v) is 2.31. The predicted octanol–water partition coefficient (Wildman–Crippen LogP) is 3.60. The molecule has 1 amide bonds. The van der Waals surface area contributed by atoms with Crippen LogP contribution in [0.15, 0.2) is 42.5 Å². The summed E-state index contributed by atoms with van der Waals surface area (Å²) in [6.45, 7) is 1.51. The van der Waals surface area contributed by atoms with E-state index in [1.54, 1.807) is 42.5 Å². The summed E-state index contributed by atoms with van der Waals surface area (Å²) < 4.78 is 5.07. The fraction of sp³-hybridized carbons (Fsp3) is 0.176. The molecule has 0 aromatic heterocycles. The molecule has 0 unspecified atom stereocenters. The lowest BCUT2D eigenvalue weighted by atomic mass is 10.1.